The Morgan fingerprint density at radius 3 is 2.84 bits per heavy atom. The first-order valence-electron chi connectivity index (χ1n) is 11.4. The quantitative estimate of drug-likeness (QED) is 0.566. The number of H-pyrrole nitrogens is 1. The minimum Gasteiger partial charge on any atom is -0.383 e. The van der Waals surface area contributed by atoms with Crippen LogP contribution >= 0.6 is 0 Å². The highest BCUT2D eigenvalue weighted by Crippen LogP contribution is 2.24. The smallest absolute Gasteiger partial charge is 0.226 e. The molecule has 0 spiro atoms. The number of carbonyl (C=O) groups excluding carboxylic acids is 1. The Labute approximate surface area is 189 Å². The molecule has 2 N–H and O–H groups in total. The summed E-state index contributed by atoms with van der Waals surface area (Å²) in [5, 5.41) is 10.5. The van der Waals surface area contributed by atoms with Gasteiger partial charge >= 0.3 is 0 Å². The van der Waals surface area contributed by atoms with Gasteiger partial charge in [0.15, 0.2) is 0 Å². The monoisotopic (exact) mass is 429 g/mol. The summed E-state index contributed by atoms with van der Waals surface area (Å²) in [6.45, 7) is 4.57. The summed E-state index contributed by atoms with van der Waals surface area (Å²) in [6.07, 6.45) is 11.4. The molecule has 2 aromatic heterocycles. The van der Waals surface area contributed by atoms with E-state index in [4.69, 9.17) is 4.98 Å². The van der Waals surface area contributed by atoms with Crippen LogP contribution in [0.4, 0.5) is 5.69 Å². The van der Waals surface area contributed by atoms with Crippen LogP contribution in [0.25, 0.3) is 17.3 Å². The van der Waals surface area contributed by atoms with E-state index < -0.39 is 0 Å². The molecule has 3 aromatic rings. The normalized spacial score (nSPS) is 16.8. The molecule has 1 fully saturated rings. The summed E-state index contributed by atoms with van der Waals surface area (Å²) >= 11 is 0. The van der Waals surface area contributed by atoms with E-state index in [2.05, 4.69) is 21.6 Å². The van der Waals surface area contributed by atoms with Crippen molar-refractivity contribution in [2.24, 2.45) is 5.92 Å². The molecule has 1 aromatic carbocycles. The number of carbonyl (C=O) groups is 1. The third kappa shape index (κ3) is 5.63. The fourth-order valence-electron chi connectivity index (χ4n) is 4.22. The molecular formula is C26H31N5O. The Morgan fingerprint density at radius 1 is 1.19 bits per heavy atom. The van der Waals surface area contributed by atoms with Crippen LogP contribution in [0.3, 0.4) is 0 Å². The van der Waals surface area contributed by atoms with Crippen molar-refractivity contribution >= 4 is 17.7 Å². The third-order valence-electron chi connectivity index (χ3n) is 6.02. The van der Waals surface area contributed by atoms with Crippen molar-refractivity contribution in [1.29, 1.82) is 0 Å². The number of nitrogens with one attached hydrogen (secondary N) is 2. The number of rotatable bonds is 7. The summed E-state index contributed by atoms with van der Waals surface area (Å²) in [4.78, 5) is 19.6. The molecular weight excluding hydrogens is 398 g/mol. The number of allylic oxidation sites excluding steroid dienone is 1. The number of aromatic amines is 1. The van der Waals surface area contributed by atoms with Gasteiger partial charge in [-0.15, -0.1) is 0 Å². The highest BCUT2D eigenvalue weighted by Gasteiger charge is 2.21. The standard InChI is InChI=1S/C26H31N5O/c1-2-7-25-24(12-11-23(30-25)22-18-28-29-19-22)27-17-21-10-6-14-31(15-13-21)26(32)16-20-8-4-3-5-9-20/h2-5,7-9,11-12,18-19,21,27H,6,10,13-17H2,1H3,(H,28,29)/b7-2-. The van der Waals surface area contributed by atoms with E-state index in [9.17, 15) is 4.79 Å². The maximum Gasteiger partial charge on any atom is 0.226 e. The molecule has 0 aliphatic carbocycles. The van der Waals surface area contributed by atoms with E-state index in [-0.39, 0.29) is 5.91 Å². The minimum atomic E-state index is 0.235. The Bertz CT molecular complexity index is 1030. The average molecular weight is 430 g/mol. The molecule has 1 saturated heterocycles. The van der Waals surface area contributed by atoms with E-state index in [0.717, 1.165) is 67.1 Å². The predicted molar refractivity (Wildman–Crippen MR) is 129 cm³/mol. The van der Waals surface area contributed by atoms with Crippen LogP contribution in [0.2, 0.25) is 0 Å². The van der Waals surface area contributed by atoms with Crippen LogP contribution in [0.1, 0.15) is 37.4 Å². The molecule has 1 atom stereocenters. The lowest BCUT2D eigenvalue weighted by atomic mass is 10.0. The van der Waals surface area contributed by atoms with Crippen molar-refractivity contribution in [3.05, 3.63) is 72.2 Å². The fraction of sp³-hybridized carbons (Fsp3) is 0.346. The molecule has 1 aliphatic rings. The van der Waals surface area contributed by atoms with E-state index in [0.29, 0.717) is 12.3 Å². The van der Waals surface area contributed by atoms with Crippen molar-refractivity contribution in [1.82, 2.24) is 20.1 Å². The van der Waals surface area contributed by atoms with Gasteiger partial charge in [0.05, 0.1) is 29.7 Å². The van der Waals surface area contributed by atoms with Crippen molar-refractivity contribution in [2.45, 2.75) is 32.6 Å². The maximum atomic E-state index is 12.7. The summed E-state index contributed by atoms with van der Waals surface area (Å²) in [5.74, 6) is 0.774. The van der Waals surface area contributed by atoms with Gasteiger partial charge in [-0.25, -0.2) is 4.98 Å². The number of pyridine rings is 1. The number of amides is 1. The molecule has 0 saturated carbocycles. The highest BCUT2D eigenvalue weighted by atomic mass is 16.2. The van der Waals surface area contributed by atoms with Crippen LogP contribution in [-0.2, 0) is 11.2 Å². The lowest BCUT2D eigenvalue weighted by Gasteiger charge is -2.21. The first kappa shape index (κ1) is 21.8. The van der Waals surface area contributed by atoms with E-state index in [1.807, 2.05) is 66.6 Å². The van der Waals surface area contributed by atoms with Gasteiger partial charge in [0.25, 0.3) is 0 Å². The molecule has 3 heterocycles. The molecule has 0 bridgehead atoms. The SMILES string of the molecule is C/C=C\c1nc(-c2cn[nH]c2)ccc1NCC1CCCN(C(=O)Cc2ccccc2)CC1. The third-order valence-corrected chi connectivity index (χ3v) is 6.02. The second-order valence-corrected chi connectivity index (χ2v) is 8.34. The number of hydrogen-bond donors (Lipinski definition) is 2. The number of benzene rings is 1. The molecule has 0 radical (unpaired) electrons. The topological polar surface area (TPSA) is 73.9 Å². The molecule has 1 unspecified atom stereocenters. The lowest BCUT2D eigenvalue weighted by Crippen LogP contribution is -2.33. The van der Waals surface area contributed by atoms with Crippen LogP contribution < -0.4 is 5.32 Å². The number of aromatic nitrogens is 3. The molecule has 32 heavy (non-hydrogen) atoms. The minimum absolute atomic E-state index is 0.235. The molecule has 1 aliphatic heterocycles. The zero-order chi connectivity index (χ0) is 22.2. The second kappa shape index (κ2) is 10.8. The predicted octanol–water partition coefficient (Wildman–Crippen LogP) is 4.79. The summed E-state index contributed by atoms with van der Waals surface area (Å²) in [5.41, 5.74) is 4.93. The van der Waals surface area contributed by atoms with Crippen LogP contribution in [0.5, 0.6) is 0 Å². The Morgan fingerprint density at radius 2 is 2.06 bits per heavy atom. The van der Waals surface area contributed by atoms with Gasteiger partial charge in [0, 0.05) is 31.4 Å². The number of hydrogen-bond acceptors (Lipinski definition) is 4. The van der Waals surface area contributed by atoms with Crippen molar-refractivity contribution < 1.29 is 4.79 Å². The molecule has 6 nitrogen and oxygen atoms in total. The van der Waals surface area contributed by atoms with Crippen molar-refractivity contribution in [3.8, 4) is 11.3 Å². The number of nitrogens with zero attached hydrogens (tertiary/aromatic N) is 3. The Kier molecular flexibility index (Phi) is 7.33. The van der Waals surface area contributed by atoms with Gasteiger partial charge in [-0.1, -0.05) is 36.4 Å². The number of likely N-dealkylation sites (tertiary alicyclic amines) is 1. The van der Waals surface area contributed by atoms with Crippen LogP contribution in [0, 0.1) is 5.92 Å². The maximum absolute atomic E-state index is 12.7. The van der Waals surface area contributed by atoms with Gasteiger partial charge < -0.3 is 10.2 Å². The number of anilines is 1. The molecule has 1 amide bonds. The van der Waals surface area contributed by atoms with E-state index >= 15 is 0 Å². The highest BCUT2D eigenvalue weighted by molar-refractivity contribution is 5.78. The summed E-state index contributed by atoms with van der Waals surface area (Å²) in [7, 11) is 0. The largest absolute Gasteiger partial charge is 0.383 e. The van der Waals surface area contributed by atoms with Gasteiger partial charge in [-0.3, -0.25) is 9.89 Å². The van der Waals surface area contributed by atoms with Gasteiger partial charge in [-0.05, 0) is 55.9 Å². The van der Waals surface area contributed by atoms with Crippen LogP contribution in [-0.4, -0.2) is 45.6 Å². The average Bonchev–Trinajstić information content (AvgIpc) is 3.25. The lowest BCUT2D eigenvalue weighted by molar-refractivity contribution is -0.130. The molecule has 6 heteroatoms. The van der Waals surface area contributed by atoms with E-state index in [1.165, 1.54) is 0 Å². The second-order valence-electron chi connectivity index (χ2n) is 8.34. The van der Waals surface area contributed by atoms with E-state index in [1.54, 1.807) is 6.20 Å². The first-order chi connectivity index (χ1) is 15.7. The summed E-state index contributed by atoms with van der Waals surface area (Å²) < 4.78 is 0. The first-order valence-corrected chi connectivity index (χ1v) is 11.4. The zero-order valence-corrected chi connectivity index (χ0v) is 18.6. The molecule has 166 valence electrons. The van der Waals surface area contributed by atoms with Gasteiger partial charge in [0.1, 0.15) is 0 Å². The molecule has 4 rings (SSSR count). The van der Waals surface area contributed by atoms with Crippen molar-refractivity contribution in [3.63, 3.8) is 0 Å². The Balaban J connectivity index is 1.33. The fourth-order valence-corrected chi connectivity index (χ4v) is 4.22. The zero-order valence-electron chi connectivity index (χ0n) is 18.6. The van der Waals surface area contributed by atoms with Crippen LogP contribution in [0.15, 0.2) is 60.9 Å². The van der Waals surface area contributed by atoms with Gasteiger partial charge in [0.2, 0.25) is 5.91 Å². The summed E-state index contributed by atoms with van der Waals surface area (Å²) in [6, 6.07) is 14.1. The van der Waals surface area contributed by atoms with Crippen molar-refractivity contribution in [2.75, 3.05) is 25.0 Å². The van der Waals surface area contributed by atoms with Gasteiger partial charge in [-0.2, -0.15) is 5.10 Å². The Hall–Kier alpha value is -3.41.